The number of rotatable bonds is 2. The third kappa shape index (κ3) is 2.00. The lowest BCUT2D eigenvalue weighted by Gasteiger charge is -2.44. The molecule has 2 rings (SSSR count). The number of para-hydroxylation sites is 1. The molecule has 0 amide bonds. The Balaban J connectivity index is 2.49. The number of carboxylic acid groups (broad SMARTS) is 1. The van der Waals surface area contributed by atoms with Crippen molar-refractivity contribution in [1.29, 1.82) is 0 Å². The quantitative estimate of drug-likeness (QED) is 0.628. The number of nitrogens with zero attached hydrogens (tertiary/aromatic N) is 1. The van der Waals surface area contributed by atoms with Crippen molar-refractivity contribution in [3.8, 4) is 0 Å². The maximum absolute atomic E-state index is 12.7. The Hall–Kier alpha value is -1.91. The van der Waals surface area contributed by atoms with E-state index in [-0.39, 0.29) is 11.6 Å². The van der Waals surface area contributed by atoms with Crippen LogP contribution in [-0.4, -0.2) is 17.1 Å². The number of benzene rings is 1. The van der Waals surface area contributed by atoms with Gasteiger partial charge in [-0.15, -0.1) is 0 Å². The van der Waals surface area contributed by atoms with E-state index in [1.165, 1.54) is 12.3 Å². The van der Waals surface area contributed by atoms with Gasteiger partial charge in [0.25, 0.3) is 0 Å². The van der Waals surface area contributed by atoms with Crippen molar-refractivity contribution >= 4 is 11.7 Å². The molecule has 1 aromatic carbocycles. The van der Waals surface area contributed by atoms with Crippen molar-refractivity contribution in [2.24, 2.45) is 0 Å². The zero-order chi connectivity index (χ0) is 12.5. The van der Waals surface area contributed by atoms with Crippen LogP contribution in [0.3, 0.4) is 0 Å². The number of hydroxylamine groups is 2. The highest BCUT2D eigenvalue weighted by Gasteiger charge is 2.29. The molecule has 88 valence electrons. The van der Waals surface area contributed by atoms with Gasteiger partial charge in [0.15, 0.2) is 0 Å². The van der Waals surface area contributed by atoms with E-state index in [2.05, 4.69) is 0 Å². The van der Waals surface area contributed by atoms with Crippen LogP contribution < -0.4 is 4.65 Å². The molecule has 0 bridgehead atoms. The summed E-state index contributed by atoms with van der Waals surface area (Å²) in [5.41, 5.74) is 0.560. The second-order valence-corrected chi connectivity index (χ2v) is 4.03. The molecule has 0 aliphatic carbocycles. The van der Waals surface area contributed by atoms with Crippen LogP contribution in [-0.2, 0) is 4.79 Å². The molecule has 0 aromatic heterocycles. The second-order valence-electron chi connectivity index (χ2n) is 4.03. The topological polar surface area (TPSA) is 60.4 Å². The number of quaternary nitrogens is 1. The average Bonchev–Trinajstić information content (AvgIpc) is 2.33. The molecule has 4 nitrogen and oxygen atoms in total. The van der Waals surface area contributed by atoms with E-state index >= 15 is 0 Å². The molecule has 0 spiro atoms. The lowest BCUT2D eigenvalue weighted by Crippen LogP contribution is -2.46. The fourth-order valence-electron chi connectivity index (χ4n) is 1.84. The molecule has 17 heavy (non-hydrogen) atoms. The molecule has 1 N–H and O–H groups in total. The molecule has 0 saturated carbocycles. The summed E-state index contributed by atoms with van der Waals surface area (Å²) in [5, 5.41) is 21.7. The van der Waals surface area contributed by atoms with Crippen LogP contribution in [0.4, 0.5) is 5.69 Å². The minimum Gasteiger partial charge on any atom is -0.622 e. The molecule has 2 atom stereocenters. The van der Waals surface area contributed by atoms with Crippen molar-refractivity contribution in [1.82, 2.24) is 4.65 Å². The van der Waals surface area contributed by atoms with Gasteiger partial charge in [0.2, 0.25) is 0 Å². The van der Waals surface area contributed by atoms with Crippen molar-refractivity contribution in [3.63, 3.8) is 0 Å². The molecule has 0 fully saturated rings. The molecule has 0 radical (unpaired) electrons. The average molecular weight is 231 g/mol. The van der Waals surface area contributed by atoms with Crippen molar-refractivity contribution < 1.29 is 9.90 Å². The van der Waals surface area contributed by atoms with Crippen LogP contribution in [0.2, 0.25) is 0 Å². The predicted molar refractivity (Wildman–Crippen MR) is 65.9 cm³/mol. The highest BCUT2D eigenvalue weighted by atomic mass is 16.5. The van der Waals surface area contributed by atoms with Gasteiger partial charge >= 0.3 is 5.97 Å². The molecule has 1 aliphatic heterocycles. The van der Waals surface area contributed by atoms with Crippen molar-refractivity contribution in [3.05, 3.63) is 59.5 Å². The Morgan fingerprint density at radius 3 is 2.59 bits per heavy atom. The first-order chi connectivity index (χ1) is 8.04. The standard InChI is InChI=1S/C13H13NO3/c1-10-7-8-11(13(15)16)9-14(10,17)12-5-3-2-4-6-12/h2-10H,1H3,(H,15,16)/t10-,14-/m0/s1. The summed E-state index contributed by atoms with van der Waals surface area (Å²) in [6.45, 7) is 1.77. The highest BCUT2D eigenvalue weighted by molar-refractivity contribution is 5.90. The Labute approximate surface area is 99.3 Å². The van der Waals surface area contributed by atoms with Crippen LogP contribution in [0.5, 0.6) is 0 Å². The molecule has 0 saturated heterocycles. The minimum absolute atomic E-state index is 0.0296. The monoisotopic (exact) mass is 231 g/mol. The van der Waals surface area contributed by atoms with E-state index in [0.29, 0.717) is 5.69 Å². The number of carboxylic acids is 1. The van der Waals surface area contributed by atoms with E-state index in [9.17, 15) is 10.0 Å². The Bertz CT molecular complexity index is 493. The van der Waals surface area contributed by atoms with Crippen LogP contribution in [0, 0.1) is 5.21 Å². The zero-order valence-corrected chi connectivity index (χ0v) is 9.41. The van der Waals surface area contributed by atoms with Crippen molar-refractivity contribution in [2.75, 3.05) is 0 Å². The summed E-state index contributed by atoms with van der Waals surface area (Å²) < 4.78 is -0.765. The van der Waals surface area contributed by atoms with Gasteiger partial charge in [-0.05, 0) is 31.2 Å². The maximum atomic E-state index is 12.7. The zero-order valence-electron chi connectivity index (χ0n) is 9.41. The largest absolute Gasteiger partial charge is 0.622 e. The highest BCUT2D eigenvalue weighted by Crippen LogP contribution is 2.30. The number of hydrogen-bond donors (Lipinski definition) is 1. The summed E-state index contributed by atoms with van der Waals surface area (Å²) in [6, 6.07) is 8.44. The fraction of sp³-hybridized carbons (Fsp3) is 0.154. The fourth-order valence-corrected chi connectivity index (χ4v) is 1.84. The molecule has 4 heteroatoms. The van der Waals surface area contributed by atoms with Crippen LogP contribution in [0.15, 0.2) is 54.3 Å². The molecular formula is C13H13NO3. The summed E-state index contributed by atoms with van der Waals surface area (Å²) in [4.78, 5) is 10.9. The van der Waals surface area contributed by atoms with Gasteiger partial charge in [0.05, 0.1) is 0 Å². The summed E-state index contributed by atoms with van der Waals surface area (Å²) in [6.07, 6.45) is 4.34. The van der Waals surface area contributed by atoms with Crippen LogP contribution in [0.1, 0.15) is 6.92 Å². The minimum atomic E-state index is -1.08. The van der Waals surface area contributed by atoms with Gasteiger partial charge in [-0.25, -0.2) is 4.79 Å². The van der Waals surface area contributed by atoms with E-state index < -0.39 is 10.6 Å². The lowest BCUT2D eigenvalue weighted by atomic mass is 10.1. The van der Waals surface area contributed by atoms with Gasteiger partial charge in [0, 0.05) is 0 Å². The van der Waals surface area contributed by atoms with Crippen molar-refractivity contribution in [2.45, 2.75) is 13.0 Å². The van der Waals surface area contributed by atoms with Gasteiger partial charge in [-0.1, -0.05) is 18.2 Å². The molecule has 1 heterocycles. The molecule has 1 aromatic rings. The SMILES string of the molecule is C[C@H]1C=CC(C(=O)O)=C[N@@+]1([O-])c1ccccc1. The first-order valence-electron chi connectivity index (χ1n) is 5.33. The third-order valence-electron chi connectivity index (χ3n) is 2.90. The van der Waals surface area contributed by atoms with Crippen LogP contribution in [0.25, 0.3) is 0 Å². The maximum Gasteiger partial charge on any atom is 0.341 e. The van der Waals surface area contributed by atoms with E-state index in [0.717, 1.165) is 0 Å². The summed E-state index contributed by atoms with van der Waals surface area (Å²) in [5.74, 6) is -1.08. The molecular weight excluding hydrogens is 218 g/mol. The van der Waals surface area contributed by atoms with E-state index in [4.69, 9.17) is 5.11 Å². The van der Waals surface area contributed by atoms with Crippen LogP contribution >= 0.6 is 0 Å². The third-order valence-corrected chi connectivity index (χ3v) is 2.90. The van der Waals surface area contributed by atoms with Gasteiger partial charge in [-0.2, -0.15) is 0 Å². The van der Waals surface area contributed by atoms with Gasteiger partial charge in [0.1, 0.15) is 23.5 Å². The van der Waals surface area contributed by atoms with Gasteiger partial charge in [-0.3, -0.25) is 4.65 Å². The smallest absolute Gasteiger partial charge is 0.341 e. The molecule has 1 aliphatic rings. The summed E-state index contributed by atoms with van der Waals surface area (Å²) >= 11 is 0. The lowest BCUT2D eigenvalue weighted by molar-refractivity contribution is -0.132. The Morgan fingerprint density at radius 1 is 1.35 bits per heavy atom. The first kappa shape index (κ1) is 11.6. The Kier molecular flexibility index (Phi) is 2.83. The number of carbonyl (C=O) groups is 1. The first-order valence-corrected chi connectivity index (χ1v) is 5.33. The number of aliphatic carboxylic acids is 1. The van der Waals surface area contributed by atoms with Gasteiger partial charge < -0.3 is 10.3 Å². The Morgan fingerprint density at radius 2 is 2.00 bits per heavy atom. The number of hydrogen-bond acceptors (Lipinski definition) is 2. The predicted octanol–water partition coefficient (Wildman–Crippen LogP) is 2.42. The normalized spacial score (nSPS) is 27.6. The second kappa shape index (κ2) is 4.16. The molecule has 0 unspecified atom stereocenters. The summed E-state index contributed by atoms with van der Waals surface area (Å²) in [7, 11) is 0. The van der Waals surface area contributed by atoms with E-state index in [1.807, 2.05) is 6.07 Å². The van der Waals surface area contributed by atoms with E-state index in [1.54, 1.807) is 37.3 Å².